The summed E-state index contributed by atoms with van der Waals surface area (Å²) in [6.07, 6.45) is 1.32. The maximum absolute atomic E-state index is 11.5. The fourth-order valence-electron chi connectivity index (χ4n) is 2.70. The maximum atomic E-state index is 11.5. The molecule has 4 rings (SSSR count). The van der Waals surface area contributed by atoms with Crippen LogP contribution in [0.4, 0.5) is 0 Å². The molecule has 6 heteroatoms. The minimum Gasteiger partial charge on any atom is -0.477 e. The van der Waals surface area contributed by atoms with Gasteiger partial charge in [-0.15, -0.1) is 0 Å². The molecule has 0 aliphatic rings. The van der Waals surface area contributed by atoms with Crippen molar-refractivity contribution in [2.45, 2.75) is 0 Å². The fraction of sp³-hybridized carbons (Fsp3) is 0. The Morgan fingerprint density at radius 2 is 1.72 bits per heavy atom. The summed E-state index contributed by atoms with van der Waals surface area (Å²) in [6, 6.07) is 18.8. The average Bonchev–Trinajstić information content (AvgIpc) is 3.06. The normalized spacial score (nSPS) is 10.9. The zero-order valence-corrected chi connectivity index (χ0v) is 13.7. The predicted molar refractivity (Wildman–Crippen MR) is 95.8 cm³/mol. The molecule has 0 unspecified atom stereocenters. The van der Waals surface area contributed by atoms with E-state index in [1.165, 1.54) is 6.20 Å². The van der Waals surface area contributed by atoms with Crippen LogP contribution in [0.3, 0.4) is 0 Å². The van der Waals surface area contributed by atoms with E-state index in [4.69, 9.17) is 11.6 Å². The van der Waals surface area contributed by atoms with Crippen LogP contribution >= 0.6 is 11.6 Å². The Labute approximate surface area is 148 Å². The molecule has 1 N–H and O–H groups in total. The van der Waals surface area contributed by atoms with E-state index in [0.29, 0.717) is 16.4 Å². The molecule has 0 saturated carbocycles. The van der Waals surface area contributed by atoms with Crippen LogP contribution in [0.25, 0.3) is 28.2 Å². The van der Waals surface area contributed by atoms with Gasteiger partial charge in [-0.1, -0.05) is 54.1 Å². The Morgan fingerprint density at radius 3 is 2.40 bits per heavy atom. The van der Waals surface area contributed by atoms with E-state index in [0.717, 1.165) is 16.8 Å². The van der Waals surface area contributed by atoms with Crippen LogP contribution < -0.4 is 0 Å². The van der Waals surface area contributed by atoms with Crippen molar-refractivity contribution in [3.8, 4) is 22.5 Å². The Morgan fingerprint density at radius 1 is 1.00 bits per heavy atom. The number of carboxylic acid groups (broad SMARTS) is 1. The molecular formula is C19H12ClN3O2. The van der Waals surface area contributed by atoms with Crippen molar-refractivity contribution in [1.82, 2.24) is 14.6 Å². The molecule has 0 fully saturated rings. The smallest absolute Gasteiger partial charge is 0.341 e. The maximum Gasteiger partial charge on any atom is 0.341 e. The monoisotopic (exact) mass is 349 g/mol. The highest BCUT2D eigenvalue weighted by molar-refractivity contribution is 6.30. The van der Waals surface area contributed by atoms with E-state index in [2.05, 4.69) is 10.1 Å². The molecule has 0 aliphatic heterocycles. The van der Waals surface area contributed by atoms with Gasteiger partial charge in [0.15, 0.2) is 5.65 Å². The highest BCUT2D eigenvalue weighted by Crippen LogP contribution is 2.28. The Hall–Kier alpha value is -3.18. The third kappa shape index (κ3) is 2.75. The second-order valence-electron chi connectivity index (χ2n) is 5.50. The van der Waals surface area contributed by atoms with E-state index in [-0.39, 0.29) is 5.56 Å². The Balaban J connectivity index is 2.03. The van der Waals surface area contributed by atoms with Crippen LogP contribution in [0.15, 0.2) is 66.9 Å². The summed E-state index contributed by atoms with van der Waals surface area (Å²) in [4.78, 5) is 16.0. The van der Waals surface area contributed by atoms with Crippen molar-refractivity contribution in [2.75, 3.05) is 0 Å². The molecule has 0 spiro atoms. The molecule has 25 heavy (non-hydrogen) atoms. The standard InChI is InChI=1S/C19H12ClN3O2/c20-14-8-6-12(7-9-14)16-10-17(13-4-2-1-3-5-13)23-18(22-16)15(11-21-23)19(24)25/h1-11H,(H,24,25). The summed E-state index contributed by atoms with van der Waals surface area (Å²) in [7, 11) is 0. The summed E-state index contributed by atoms with van der Waals surface area (Å²) in [5.74, 6) is -1.06. The van der Waals surface area contributed by atoms with Gasteiger partial charge in [0.25, 0.3) is 0 Å². The number of hydrogen-bond donors (Lipinski definition) is 1. The summed E-state index contributed by atoms with van der Waals surface area (Å²) in [5.41, 5.74) is 3.56. The van der Waals surface area contributed by atoms with Gasteiger partial charge in [-0.2, -0.15) is 5.10 Å². The molecule has 2 aromatic heterocycles. The number of aromatic nitrogens is 3. The van der Waals surface area contributed by atoms with E-state index in [1.54, 1.807) is 16.6 Å². The number of fused-ring (bicyclic) bond motifs is 1. The fourth-order valence-corrected chi connectivity index (χ4v) is 2.82. The molecule has 4 aromatic rings. The molecule has 2 aromatic carbocycles. The van der Waals surface area contributed by atoms with E-state index in [1.807, 2.05) is 48.5 Å². The van der Waals surface area contributed by atoms with Crippen molar-refractivity contribution in [1.29, 1.82) is 0 Å². The van der Waals surface area contributed by atoms with Gasteiger partial charge in [0.05, 0.1) is 17.6 Å². The first-order valence-corrected chi connectivity index (χ1v) is 7.95. The molecule has 0 aliphatic carbocycles. The number of nitrogens with zero attached hydrogens (tertiary/aromatic N) is 3. The molecular weight excluding hydrogens is 338 g/mol. The number of rotatable bonds is 3. The first kappa shape index (κ1) is 15.4. The molecule has 0 saturated heterocycles. The lowest BCUT2D eigenvalue weighted by molar-refractivity contribution is 0.0699. The van der Waals surface area contributed by atoms with E-state index < -0.39 is 5.97 Å². The van der Waals surface area contributed by atoms with E-state index in [9.17, 15) is 9.90 Å². The number of carbonyl (C=O) groups is 1. The molecule has 0 amide bonds. The summed E-state index contributed by atoms with van der Waals surface area (Å²) < 4.78 is 1.55. The zero-order chi connectivity index (χ0) is 17.4. The number of benzene rings is 2. The lowest BCUT2D eigenvalue weighted by Crippen LogP contribution is -2.01. The number of halogens is 1. The largest absolute Gasteiger partial charge is 0.477 e. The van der Waals surface area contributed by atoms with Crippen molar-refractivity contribution in [3.05, 3.63) is 77.4 Å². The van der Waals surface area contributed by atoms with Crippen LogP contribution in [0, 0.1) is 0 Å². The van der Waals surface area contributed by atoms with Gasteiger partial charge >= 0.3 is 5.97 Å². The van der Waals surface area contributed by atoms with Gasteiger partial charge in [0.2, 0.25) is 0 Å². The van der Waals surface area contributed by atoms with Crippen LogP contribution in [-0.2, 0) is 0 Å². The number of carboxylic acids is 1. The summed E-state index contributed by atoms with van der Waals surface area (Å²) in [5, 5.41) is 14.3. The number of hydrogen-bond acceptors (Lipinski definition) is 3. The van der Waals surface area contributed by atoms with Crippen molar-refractivity contribution < 1.29 is 9.90 Å². The highest BCUT2D eigenvalue weighted by Gasteiger charge is 2.17. The van der Waals surface area contributed by atoms with Gasteiger partial charge in [0, 0.05) is 16.1 Å². The first-order chi connectivity index (χ1) is 12.1. The zero-order valence-electron chi connectivity index (χ0n) is 12.9. The predicted octanol–water partition coefficient (Wildman–Crippen LogP) is 4.41. The molecule has 0 radical (unpaired) electrons. The SMILES string of the molecule is O=C(O)c1cnn2c(-c3ccccc3)cc(-c3ccc(Cl)cc3)nc12. The molecule has 0 atom stereocenters. The minimum atomic E-state index is -1.06. The topological polar surface area (TPSA) is 67.5 Å². The first-order valence-electron chi connectivity index (χ1n) is 7.57. The van der Waals surface area contributed by atoms with Gasteiger partial charge < -0.3 is 5.11 Å². The quantitative estimate of drug-likeness (QED) is 0.594. The lowest BCUT2D eigenvalue weighted by atomic mass is 10.1. The second-order valence-corrected chi connectivity index (χ2v) is 5.93. The summed E-state index contributed by atoms with van der Waals surface area (Å²) in [6.45, 7) is 0. The molecule has 0 bridgehead atoms. The van der Waals surface area contributed by atoms with Gasteiger partial charge in [0.1, 0.15) is 5.56 Å². The van der Waals surface area contributed by atoms with Gasteiger partial charge in [-0.25, -0.2) is 14.3 Å². The van der Waals surface area contributed by atoms with Crippen molar-refractivity contribution in [2.24, 2.45) is 0 Å². The van der Waals surface area contributed by atoms with Crippen LogP contribution in [0.1, 0.15) is 10.4 Å². The van der Waals surface area contributed by atoms with Crippen molar-refractivity contribution in [3.63, 3.8) is 0 Å². The minimum absolute atomic E-state index is 0.0630. The van der Waals surface area contributed by atoms with Crippen LogP contribution in [-0.4, -0.2) is 25.7 Å². The van der Waals surface area contributed by atoms with Crippen LogP contribution in [0.2, 0.25) is 5.02 Å². The second kappa shape index (κ2) is 6.03. The molecule has 5 nitrogen and oxygen atoms in total. The van der Waals surface area contributed by atoms with Crippen molar-refractivity contribution >= 4 is 23.2 Å². The average molecular weight is 350 g/mol. The van der Waals surface area contributed by atoms with E-state index >= 15 is 0 Å². The van der Waals surface area contributed by atoms with Gasteiger partial charge in [-0.3, -0.25) is 0 Å². The third-order valence-electron chi connectivity index (χ3n) is 3.91. The number of aromatic carboxylic acids is 1. The summed E-state index contributed by atoms with van der Waals surface area (Å²) >= 11 is 5.96. The lowest BCUT2D eigenvalue weighted by Gasteiger charge is -2.09. The molecule has 2 heterocycles. The van der Waals surface area contributed by atoms with Crippen LogP contribution in [0.5, 0.6) is 0 Å². The van der Waals surface area contributed by atoms with Gasteiger partial charge in [-0.05, 0) is 18.2 Å². The molecule has 122 valence electrons. The Bertz CT molecular complexity index is 1070. The third-order valence-corrected chi connectivity index (χ3v) is 4.16. The highest BCUT2D eigenvalue weighted by atomic mass is 35.5. The Kier molecular flexibility index (Phi) is 3.71.